The van der Waals surface area contributed by atoms with Crippen LogP contribution < -0.4 is 14.8 Å². The lowest BCUT2D eigenvalue weighted by Gasteiger charge is -2.17. The van der Waals surface area contributed by atoms with E-state index in [2.05, 4.69) is 5.32 Å². The van der Waals surface area contributed by atoms with Crippen LogP contribution in [-0.2, 0) is 9.53 Å². The van der Waals surface area contributed by atoms with Crippen LogP contribution in [0.25, 0.3) is 0 Å². The number of rotatable bonds is 4. The minimum atomic E-state index is -0.821. The summed E-state index contributed by atoms with van der Waals surface area (Å²) >= 11 is 0. The van der Waals surface area contributed by atoms with Crippen LogP contribution in [-0.4, -0.2) is 30.8 Å². The minimum Gasteiger partial charge on any atom is -0.454 e. The average molecular weight is 305 g/mol. The normalized spacial score (nSPS) is 18.0. The maximum atomic E-state index is 12.1. The fraction of sp³-hybridized carbons (Fsp3) is 0.500. The van der Waals surface area contributed by atoms with Gasteiger partial charge in [-0.05, 0) is 38.0 Å². The van der Waals surface area contributed by atoms with Crippen molar-refractivity contribution < 1.29 is 23.8 Å². The van der Waals surface area contributed by atoms with Crippen molar-refractivity contribution in [1.82, 2.24) is 5.32 Å². The van der Waals surface area contributed by atoms with Gasteiger partial charge in [-0.3, -0.25) is 4.79 Å². The average Bonchev–Trinajstić information content (AvgIpc) is 3.16. The van der Waals surface area contributed by atoms with Crippen molar-refractivity contribution in [3.8, 4) is 11.5 Å². The van der Waals surface area contributed by atoms with E-state index < -0.39 is 12.1 Å². The second kappa shape index (κ2) is 6.25. The SMILES string of the molecule is C[C@@H](OC(=O)c1ccc2c(c1)OCO2)C(=O)NC1CCCC1. The molecule has 1 saturated carbocycles. The van der Waals surface area contributed by atoms with Crippen LogP contribution in [0, 0.1) is 0 Å². The Hall–Kier alpha value is -2.24. The Morgan fingerprint density at radius 3 is 2.73 bits per heavy atom. The highest BCUT2D eigenvalue weighted by Crippen LogP contribution is 2.32. The molecule has 0 bridgehead atoms. The maximum Gasteiger partial charge on any atom is 0.339 e. The van der Waals surface area contributed by atoms with Crippen molar-refractivity contribution in [2.45, 2.75) is 44.8 Å². The lowest BCUT2D eigenvalue weighted by atomic mass is 10.2. The van der Waals surface area contributed by atoms with Crippen molar-refractivity contribution in [2.75, 3.05) is 6.79 Å². The summed E-state index contributed by atoms with van der Waals surface area (Å²) in [6.07, 6.45) is 3.44. The molecule has 6 heteroatoms. The van der Waals surface area contributed by atoms with Crippen molar-refractivity contribution in [1.29, 1.82) is 0 Å². The van der Waals surface area contributed by atoms with Crippen LogP contribution in [0.15, 0.2) is 18.2 Å². The van der Waals surface area contributed by atoms with Crippen LogP contribution in [0.4, 0.5) is 0 Å². The van der Waals surface area contributed by atoms with E-state index in [1.54, 1.807) is 25.1 Å². The van der Waals surface area contributed by atoms with E-state index in [-0.39, 0.29) is 18.7 Å². The Morgan fingerprint density at radius 2 is 1.95 bits per heavy atom. The summed E-state index contributed by atoms with van der Waals surface area (Å²) in [6.45, 7) is 1.73. The number of hydrogen-bond donors (Lipinski definition) is 1. The van der Waals surface area contributed by atoms with Crippen LogP contribution in [0.3, 0.4) is 0 Å². The monoisotopic (exact) mass is 305 g/mol. The van der Waals surface area contributed by atoms with Gasteiger partial charge in [0, 0.05) is 6.04 Å². The molecule has 118 valence electrons. The molecule has 22 heavy (non-hydrogen) atoms. The molecule has 1 N–H and O–H groups in total. The molecule has 0 radical (unpaired) electrons. The van der Waals surface area contributed by atoms with Gasteiger partial charge >= 0.3 is 5.97 Å². The van der Waals surface area contributed by atoms with Gasteiger partial charge in [-0.1, -0.05) is 12.8 Å². The predicted octanol–water partition coefficient (Wildman–Crippen LogP) is 2.02. The predicted molar refractivity (Wildman–Crippen MR) is 77.8 cm³/mol. The molecule has 1 atom stereocenters. The van der Waals surface area contributed by atoms with Gasteiger partial charge in [0.05, 0.1) is 5.56 Å². The third kappa shape index (κ3) is 3.16. The first-order valence-electron chi connectivity index (χ1n) is 7.54. The van der Waals surface area contributed by atoms with E-state index in [0.29, 0.717) is 17.1 Å². The van der Waals surface area contributed by atoms with Gasteiger partial charge in [-0.2, -0.15) is 0 Å². The Morgan fingerprint density at radius 1 is 1.23 bits per heavy atom. The molecule has 2 aliphatic rings. The van der Waals surface area contributed by atoms with Gasteiger partial charge < -0.3 is 19.5 Å². The van der Waals surface area contributed by atoms with Crippen molar-refractivity contribution in [3.63, 3.8) is 0 Å². The van der Waals surface area contributed by atoms with Crippen molar-refractivity contribution in [3.05, 3.63) is 23.8 Å². The summed E-state index contributed by atoms with van der Waals surface area (Å²) in [6, 6.07) is 5.02. The second-order valence-corrected chi connectivity index (χ2v) is 5.61. The first kappa shape index (κ1) is 14.7. The van der Waals surface area contributed by atoms with Gasteiger partial charge in [0.25, 0.3) is 5.91 Å². The van der Waals surface area contributed by atoms with Gasteiger partial charge in [0.1, 0.15) is 0 Å². The number of nitrogens with one attached hydrogen (secondary N) is 1. The van der Waals surface area contributed by atoms with Crippen LogP contribution >= 0.6 is 0 Å². The molecule has 0 aromatic heterocycles. The molecule has 1 heterocycles. The maximum absolute atomic E-state index is 12.1. The summed E-state index contributed by atoms with van der Waals surface area (Å²) in [5.41, 5.74) is 0.338. The Kier molecular flexibility index (Phi) is 4.18. The van der Waals surface area contributed by atoms with E-state index in [1.165, 1.54) is 0 Å². The number of carbonyl (C=O) groups is 2. The molecule has 1 aromatic carbocycles. The molecule has 1 aromatic rings. The van der Waals surface area contributed by atoms with E-state index in [1.807, 2.05) is 0 Å². The number of carbonyl (C=O) groups excluding carboxylic acids is 2. The number of hydrogen-bond acceptors (Lipinski definition) is 5. The number of benzene rings is 1. The quantitative estimate of drug-likeness (QED) is 0.862. The fourth-order valence-corrected chi connectivity index (χ4v) is 2.69. The summed E-state index contributed by atoms with van der Waals surface area (Å²) in [5, 5.41) is 2.92. The van der Waals surface area contributed by atoms with E-state index in [0.717, 1.165) is 25.7 Å². The van der Waals surface area contributed by atoms with Gasteiger partial charge in [-0.25, -0.2) is 4.79 Å². The third-order valence-electron chi connectivity index (χ3n) is 3.96. The standard InChI is InChI=1S/C16H19NO5/c1-10(15(18)17-12-4-2-3-5-12)22-16(19)11-6-7-13-14(8-11)21-9-20-13/h6-8,10,12H,2-5,9H2,1H3,(H,17,18)/t10-/m1/s1. The number of esters is 1. The van der Waals surface area contributed by atoms with Crippen molar-refractivity contribution in [2.24, 2.45) is 0 Å². The third-order valence-corrected chi connectivity index (χ3v) is 3.96. The molecule has 0 unspecified atom stereocenters. The molecule has 1 fully saturated rings. The molecule has 6 nitrogen and oxygen atoms in total. The molecule has 3 rings (SSSR count). The van der Waals surface area contributed by atoms with E-state index in [9.17, 15) is 9.59 Å². The second-order valence-electron chi connectivity index (χ2n) is 5.61. The first-order valence-corrected chi connectivity index (χ1v) is 7.54. The van der Waals surface area contributed by atoms with Crippen molar-refractivity contribution >= 4 is 11.9 Å². The molecular formula is C16H19NO5. The number of ether oxygens (including phenoxy) is 3. The minimum absolute atomic E-state index is 0.147. The van der Waals surface area contributed by atoms with Crippen LogP contribution in [0.5, 0.6) is 11.5 Å². The van der Waals surface area contributed by atoms with Gasteiger partial charge in [-0.15, -0.1) is 0 Å². The lowest BCUT2D eigenvalue weighted by Crippen LogP contribution is -2.40. The van der Waals surface area contributed by atoms with Crippen LogP contribution in [0.2, 0.25) is 0 Å². The molecule has 0 saturated heterocycles. The highest BCUT2D eigenvalue weighted by Gasteiger charge is 2.24. The van der Waals surface area contributed by atoms with Crippen LogP contribution in [0.1, 0.15) is 43.0 Å². The summed E-state index contributed by atoms with van der Waals surface area (Å²) in [7, 11) is 0. The topological polar surface area (TPSA) is 73.9 Å². The molecule has 1 amide bonds. The fourth-order valence-electron chi connectivity index (χ4n) is 2.69. The molecule has 1 aliphatic carbocycles. The zero-order valence-electron chi connectivity index (χ0n) is 12.5. The highest BCUT2D eigenvalue weighted by atomic mass is 16.7. The smallest absolute Gasteiger partial charge is 0.339 e. The Bertz CT molecular complexity index is 580. The van der Waals surface area contributed by atoms with E-state index >= 15 is 0 Å². The molecule has 1 aliphatic heterocycles. The summed E-state index contributed by atoms with van der Waals surface area (Å²) < 4.78 is 15.6. The number of fused-ring (bicyclic) bond motifs is 1. The van der Waals surface area contributed by atoms with E-state index in [4.69, 9.17) is 14.2 Å². The Labute approximate surface area is 128 Å². The highest BCUT2D eigenvalue weighted by molar-refractivity contribution is 5.93. The molecule has 0 spiro atoms. The first-order chi connectivity index (χ1) is 10.6. The number of amides is 1. The summed E-state index contributed by atoms with van der Waals surface area (Å²) in [4.78, 5) is 24.1. The van der Waals surface area contributed by atoms with Gasteiger partial charge in [0.15, 0.2) is 17.6 Å². The van der Waals surface area contributed by atoms with Gasteiger partial charge in [0.2, 0.25) is 6.79 Å². The Balaban J connectivity index is 1.57. The lowest BCUT2D eigenvalue weighted by molar-refractivity contribution is -0.129. The molecular weight excluding hydrogens is 286 g/mol. The zero-order chi connectivity index (χ0) is 15.5. The summed E-state index contributed by atoms with van der Waals surface area (Å²) in [5.74, 6) is 0.314. The largest absolute Gasteiger partial charge is 0.454 e. The zero-order valence-corrected chi connectivity index (χ0v) is 12.5.